The van der Waals surface area contributed by atoms with Crippen LogP contribution in [0.15, 0.2) is 0 Å². The molecule has 0 spiro atoms. The Kier molecular flexibility index (Phi) is 4.70. The average Bonchev–Trinajstić information content (AvgIpc) is 2.95. The van der Waals surface area contributed by atoms with Crippen molar-refractivity contribution in [2.75, 3.05) is 12.8 Å². The molecule has 0 aromatic rings. The number of carbonyl (C=O) groups is 1. The first-order valence-corrected chi connectivity index (χ1v) is 7.62. The van der Waals surface area contributed by atoms with Crippen molar-refractivity contribution in [2.45, 2.75) is 55.6 Å². The maximum Gasteiger partial charge on any atom is 0.332 e. The first kappa shape index (κ1) is 13.2. The molecule has 1 heterocycles. The minimum Gasteiger partial charge on any atom is -0.479 e. The van der Waals surface area contributed by atoms with Gasteiger partial charge in [-0.1, -0.05) is 0 Å². The highest BCUT2D eigenvalue weighted by atomic mass is 32.2. The topological polar surface area (TPSA) is 58.6 Å². The summed E-state index contributed by atoms with van der Waals surface area (Å²) in [4.78, 5) is 10.7. The Morgan fingerprint density at radius 2 is 2.24 bits per heavy atom. The highest BCUT2D eigenvalue weighted by Crippen LogP contribution is 2.28. The minimum absolute atomic E-state index is 0.0874. The van der Waals surface area contributed by atoms with E-state index in [2.05, 4.69) is 11.6 Å². The number of thioether (sulfide) groups is 1. The van der Waals surface area contributed by atoms with Gasteiger partial charge in [0.15, 0.2) is 6.10 Å². The van der Waals surface area contributed by atoms with E-state index >= 15 is 0 Å². The number of rotatable bonds is 5. The lowest BCUT2D eigenvalue weighted by molar-refractivity contribution is -0.149. The van der Waals surface area contributed by atoms with Crippen LogP contribution in [0, 0.1) is 0 Å². The Morgan fingerprint density at radius 1 is 1.41 bits per heavy atom. The molecule has 2 rings (SSSR count). The maximum absolute atomic E-state index is 10.7. The quantitative estimate of drug-likeness (QED) is 0.783. The normalized spacial score (nSPS) is 37.5. The summed E-state index contributed by atoms with van der Waals surface area (Å²) >= 11 is 1.95. The van der Waals surface area contributed by atoms with Crippen molar-refractivity contribution in [3.05, 3.63) is 0 Å². The molecule has 4 nitrogen and oxygen atoms in total. The van der Waals surface area contributed by atoms with Crippen molar-refractivity contribution in [3.8, 4) is 0 Å². The van der Waals surface area contributed by atoms with E-state index < -0.39 is 12.1 Å². The molecule has 1 aliphatic heterocycles. The van der Waals surface area contributed by atoms with Crippen LogP contribution >= 0.6 is 11.8 Å². The SMILES string of the molecule is CSC1CCC(NCC2CCC(C(=O)O)O2)C1. The van der Waals surface area contributed by atoms with Gasteiger partial charge in [0.1, 0.15) is 0 Å². The van der Waals surface area contributed by atoms with Gasteiger partial charge in [-0.15, -0.1) is 0 Å². The van der Waals surface area contributed by atoms with Gasteiger partial charge in [0.05, 0.1) is 6.10 Å². The molecule has 4 atom stereocenters. The van der Waals surface area contributed by atoms with Gasteiger partial charge in [-0.2, -0.15) is 11.8 Å². The number of ether oxygens (including phenoxy) is 1. The standard InChI is InChI=1S/C12H21NO3S/c1-17-10-4-2-8(6-10)13-7-9-3-5-11(16-9)12(14)15/h8-11,13H,2-7H2,1H3,(H,14,15). The largest absolute Gasteiger partial charge is 0.479 e. The van der Waals surface area contributed by atoms with E-state index in [0.717, 1.165) is 18.2 Å². The Bertz CT molecular complexity index is 274. The monoisotopic (exact) mass is 259 g/mol. The van der Waals surface area contributed by atoms with E-state index in [-0.39, 0.29) is 6.10 Å². The lowest BCUT2D eigenvalue weighted by atomic mass is 10.2. The van der Waals surface area contributed by atoms with Gasteiger partial charge in [-0.05, 0) is 38.4 Å². The fourth-order valence-electron chi connectivity index (χ4n) is 2.68. The van der Waals surface area contributed by atoms with Crippen LogP contribution in [0.4, 0.5) is 0 Å². The molecule has 5 heteroatoms. The average molecular weight is 259 g/mol. The molecule has 4 unspecified atom stereocenters. The van der Waals surface area contributed by atoms with Crippen LogP contribution in [0.3, 0.4) is 0 Å². The molecule has 1 aliphatic carbocycles. The van der Waals surface area contributed by atoms with Crippen LogP contribution < -0.4 is 5.32 Å². The molecule has 17 heavy (non-hydrogen) atoms. The van der Waals surface area contributed by atoms with E-state index in [1.54, 1.807) is 0 Å². The predicted octanol–water partition coefficient (Wildman–Crippen LogP) is 1.49. The van der Waals surface area contributed by atoms with Crippen molar-refractivity contribution >= 4 is 17.7 Å². The Labute approximate surface area is 106 Å². The first-order chi connectivity index (χ1) is 8.19. The molecule has 0 amide bonds. The van der Waals surface area contributed by atoms with Crippen LogP contribution in [-0.2, 0) is 9.53 Å². The molecular formula is C12H21NO3S. The van der Waals surface area contributed by atoms with Crippen LogP contribution in [0.5, 0.6) is 0 Å². The third kappa shape index (κ3) is 3.60. The molecule has 0 radical (unpaired) electrons. The number of hydrogen-bond acceptors (Lipinski definition) is 4. The number of aliphatic carboxylic acids is 1. The van der Waals surface area contributed by atoms with Crippen molar-refractivity contribution in [1.82, 2.24) is 5.32 Å². The zero-order valence-electron chi connectivity index (χ0n) is 10.2. The summed E-state index contributed by atoms with van der Waals surface area (Å²) in [5, 5.41) is 13.1. The summed E-state index contributed by atoms with van der Waals surface area (Å²) in [7, 11) is 0. The van der Waals surface area contributed by atoms with Gasteiger partial charge >= 0.3 is 5.97 Å². The molecule has 2 aliphatic rings. The van der Waals surface area contributed by atoms with Crippen molar-refractivity contribution < 1.29 is 14.6 Å². The van der Waals surface area contributed by atoms with Crippen LogP contribution in [-0.4, -0.2) is 47.4 Å². The molecular weight excluding hydrogens is 238 g/mol. The molecule has 0 aromatic carbocycles. The zero-order valence-corrected chi connectivity index (χ0v) is 11.0. The Balaban J connectivity index is 1.65. The van der Waals surface area contributed by atoms with Crippen molar-refractivity contribution in [3.63, 3.8) is 0 Å². The number of carboxylic acid groups (broad SMARTS) is 1. The summed E-state index contributed by atoms with van der Waals surface area (Å²) in [6.45, 7) is 0.801. The maximum atomic E-state index is 10.7. The molecule has 2 fully saturated rings. The summed E-state index contributed by atoms with van der Waals surface area (Å²) in [6.07, 6.45) is 6.96. The van der Waals surface area contributed by atoms with Crippen LogP contribution in [0.25, 0.3) is 0 Å². The lowest BCUT2D eigenvalue weighted by Gasteiger charge is -2.16. The lowest BCUT2D eigenvalue weighted by Crippen LogP contribution is -2.35. The van der Waals surface area contributed by atoms with Crippen LogP contribution in [0.1, 0.15) is 32.1 Å². The second-order valence-corrected chi connectivity index (χ2v) is 6.08. The summed E-state index contributed by atoms with van der Waals surface area (Å²) in [5.41, 5.74) is 0. The molecule has 0 bridgehead atoms. The van der Waals surface area contributed by atoms with Gasteiger partial charge in [-0.25, -0.2) is 4.79 Å². The highest BCUT2D eigenvalue weighted by Gasteiger charge is 2.31. The number of nitrogens with one attached hydrogen (secondary N) is 1. The first-order valence-electron chi connectivity index (χ1n) is 6.33. The molecule has 1 saturated carbocycles. The predicted molar refractivity (Wildman–Crippen MR) is 68.5 cm³/mol. The second-order valence-electron chi connectivity index (χ2n) is 4.94. The molecule has 0 aromatic heterocycles. The van der Waals surface area contributed by atoms with E-state index in [1.807, 2.05) is 11.8 Å². The third-order valence-electron chi connectivity index (χ3n) is 3.74. The fourth-order valence-corrected chi connectivity index (χ4v) is 3.47. The van der Waals surface area contributed by atoms with Gasteiger partial charge in [0, 0.05) is 17.8 Å². The number of hydrogen-bond donors (Lipinski definition) is 2. The van der Waals surface area contributed by atoms with E-state index in [1.165, 1.54) is 19.3 Å². The summed E-state index contributed by atoms with van der Waals surface area (Å²) < 4.78 is 5.47. The molecule has 2 N–H and O–H groups in total. The minimum atomic E-state index is -0.823. The van der Waals surface area contributed by atoms with E-state index in [9.17, 15) is 4.79 Å². The van der Waals surface area contributed by atoms with Crippen molar-refractivity contribution in [2.24, 2.45) is 0 Å². The smallest absolute Gasteiger partial charge is 0.332 e. The second kappa shape index (κ2) is 6.07. The Morgan fingerprint density at radius 3 is 2.82 bits per heavy atom. The third-order valence-corrected chi connectivity index (χ3v) is 4.83. The van der Waals surface area contributed by atoms with E-state index in [4.69, 9.17) is 9.84 Å². The molecule has 1 saturated heterocycles. The van der Waals surface area contributed by atoms with E-state index in [0.29, 0.717) is 12.5 Å². The summed E-state index contributed by atoms with van der Waals surface area (Å²) in [5.74, 6) is -0.823. The van der Waals surface area contributed by atoms with Gasteiger partial charge in [0.25, 0.3) is 0 Å². The summed E-state index contributed by atoms with van der Waals surface area (Å²) in [6, 6.07) is 0.597. The zero-order chi connectivity index (χ0) is 12.3. The number of carboxylic acids is 1. The Hall–Kier alpha value is -0.260. The molecule has 98 valence electrons. The van der Waals surface area contributed by atoms with Crippen LogP contribution in [0.2, 0.25) is 0 Å². The van der Waals surface area contributed by atoms with Gasteiger partial charge < -0.3 is 15.2 Å². The highest BCUT2D eigenvalue weighted by molar-refractivity contribution is 7.99. The van der Waals surface area contributed by atoms with Gasteiger partial charge in [0.2, 0.25) is 0 Å². The van der Waals surface area contributed by atoms with Gasteiger partial charge in [-0.3, -0.25) is 0 Å². The fraction of sp³-hybridized carbons (Fsp3) is 0.917. The van der Waals surface area contributed by atoms with Crippen molar-refractivity contribution in [1.29, 1.82) is 0 Å².